The molecule has 8 heteroatoms. The summed E-state index contributed by atoms with van der Waals surface area (Å²) in [4.78, 5) is 15.9. The minimum absolute atomic E-state index is 0.0267. The van der Waals surface area contributed by atoms with Crippen molar-refractivity contribution < 1.29 is 9.47 Å². The molecule has 31 heavy (non-hydrogen) atoms. The maximum absolute atomic E-state index is 13.6. The molecule has 2 aliphatic rings. The summed E-state index contributed by atoms with van der Waals surface area (Å²) in [5, 5.41) is 10.3. The van der Waals surface area contributed by atoms with Crippen molar-refractivity contribution in [2.24, 2.45) is 5.73 Å². The Morgan fingerprint density at radius 2 is 1.94 bits per heavy atom. The average molecular weight is 441 g/mol. The molecule has 0 bridgehead atoms. The molecular weight excluding hydrogens is 416 g/mol. The molecule has 2 aliphatic heterocycles. The first-order chi connectivity index (χ1) is 15.0. The summed E-state index contributed by atoms with van der Waals surface area (Å²) in [5.41, 5.74) is 8.13. The van der Waals surface area contributed by atoms with E-state index >= 15 is 0 Å². The zero-order valence-electron chi connectivity index (χ0n) is 17.4. The number of nitrogens with two attached hydrogens (primary N) is 1. The molecule has 162 valence electrons. The smallest absolute Gasteiger partial charge is 0.258 e. The fraction of sp³-hybridized carbons (Fsp3) is 0.391. The molecule has 1 fully saturated rings. The molecule has 1 saturated heterocycles. The first-order valence-electron chi connectivity index (χ1n) is 10.4. The van der Waals surface area contributed by atoms with Crippen LogP contribution in [0.5, 0.6) is 5.75 Å². The third-order valence-corrected chi connectivity index (χ3v) is 6.11. The molecule has 2 aromatic rings. The third kappa shape index (κ3) is 4.33. The highest BCUT2D eigenvalue weighted by Gasteiger charge is 2.34. The molecular formula is C23H25ClN4O3. The molecule has 4 rings (SSSR count). The summed E-state index contributed by atoms with van der Waals surface area (Å²) < 4.78 is 12.9. The maximum Gasteiger partial charge on any atom is 0.258 e. The molecule has 0 aliphatic carbocycles. The molecule has 0 spiro atoms. The lowest BCUT2D eigenvalue weighted by atomic mass is 9.84. The number of rotatable bonds is 5. The molecule has 3 heterocycles. The van der Waals surface area contributed by atoms with Crippen LogP contribution in [-0.2, 0) is 11.3 Å². The van der Waals surface area contributed by atoms with Crippen LogP contribution in [0.25, 0.3) is 0 Å². The highest BCUT2D eigenvalue weighted by Crippen LogP contribution is 2.40. The summed E-state index contributed by atoms with van der Waals surface area (Å²) in [6.45, 7) is 6.71. The Morgan fingerprint density at radius 1 is 1.23 bits per heavy atom. The maximum atomic E-state index is 13.6. The van der Waals surface area contributed by atoms with E-state index in [0.717, 1.165) is 50.5 Å². The standard InChI is InChI=1S/C23H25ClN4O3/c1-15-13-19-21(23(29)28(15)8-2-7-27-9-11-30-12-10-27)20(18(14-25)22(26)31-19)16-3-5-17(24)6-4-16/h3-6,13,20H,2,7-12,26H2,1H3/t20-/m1/s1. The van der Waals surface area contributed by atoms with Crippen molar-refractivity contribution in [1.29, 1.82) is 5.26 Å². The van der Waals surface area contributed by atoms with Gasteiger partial charge >= 0.3 is 0 Å². The van der Waals surface area contributed by atoms with Gasteiger partial charge in [0.15, 0.2) is 0 Å². The van der Waals surface area contributed by atoms with Gasteiger partial charge in [0.25, 0.3) is 5.56 Å². The fourth-order valence-electron chi connectivity index (χ4n) is 4.23. The van der Waals surface area contributed by atoms with Gasteiger partial charge in [-0.15, -0.1) is 0 Å². The van der Waals surface area contributed by atoms with E-state index in [-0.39, 0.29) is 17.0 Å². The largest absolute Gasteiger partial charge is 0.440 e. The first kappa shape index (κ1) is 21.4. The van der Waals surface area contributed by atoms with E-state index in [1.54, 1.807) is 16.7 Å². The number of halogens is 1. The monoisotopic (exact) mass is 440 g/mol. The van der Waals surface area contributed by atoms with E-state index in [9.17, 15) is 10.1 Å². The Balaban J connectivity index is 1.69. The molecule has 1 aromatic heterocycles. The predicted octanol–water partition coefficient (Wildman–Crippen LogP) is 2.75. The molecule has 0 saturated carbocycles. The molecule has 1 atom stereocenters. The Bertz CT molecular complexity index is 1100. The highest BCUT2D eigenvalue weighted by molar-refractivity contribution is 6.30. The third-order valence-electron chi connectivity index (χ3n) is 5.85. The number of pyridine rings is 1. The SMILES string of the molecule is Cc1cc2c(c(=O)n1CCCN1CCOCC1)[C@H](c1ccc(Cl)cc1)C(C#N)=C(N)O2. The Morgan fingerprint density at radius 3 is 2.61 bits per heavy atom. The van der Waals surface area contributed by atoms with E-state index in [2.05, 4.69) is 11.0 Å². The lowest BCUT2D eigenvalue weighted by Gasteiger charge is -2.28. The minimum atomic E-state index is -0.593. The first-order valence-corrected chi connectivity index (χ1v) is 10.7. The van der Waals surface area contributed by atoms with Crippen molar-refractivity contribution >= 4 is 11.6 Å². The normalized spacial score (nSPS) is 18.9. The molecule has 1 aromatic carbocycles. The number of aromatic nitrogens is 1. The van der Waals surface area contributed by atoms with Gasteiger partial charge in [0.1, 0.15) is 17.4 Å². The Hall–Kier alpha value is -2.79. The van der Waals surface area contributed by atoms with Gasteiger partial charge in [0, 0.05) is 43.0 Å². The zero-order valence-corrected chi connectivity index (χ0v) is 18.2. The van der Waals surface area contributed by atoms with Crippen molar-refractivity contribution in [2.45, 2.75) is 25.8 Å². The van der Waals surface area contributed by atoms with Crippen molar-refractivity contribution in [3.63, 3.8) is 0 Å². The number of nitrogens with zero attached hydrogens (tertiary/aromatic N) is 3. The number of allylic oxidation sites excluding steroid dienone is 1. The number of hydrogen-bond acceptors (Lipinski definition) is 6. The van der Waals surface area contributed by atoms with Crippen LogP contribution in [0.2, 0.25) is 5.02 Å². The lowest BCUT2D eigenvalue weighted by molar-refractivity contribution is 0.0369. The fourth-order valence-corrected chi connectivity index (χ4v) is 4.36. The summed E-state index contributed by atoms with van der Waals surface area (Å²) in [7, 11) is 0. The lowest BCUT2D eigenvalue weighted by Crippen LogP contribution is -2.38. The van der Waals surface area contributed by atoms with Crippen molar-refractivity contribution in [3.8, 4) is 11.8 Å². The summed E-state index contributed by atoms with van der Waals surface area (Å²) >= 11 is 6.04. The second kappa shape index (κ2) is 9.15. The average Bonchev–Trinajstić information content (AvgIpc) is 2.76. The van der Waals surface area contributed by atoms with E-state index in [4.69, 9.17) is 26.8 Å². The summed E-state index contributed by atoms with van der Waals surface area (Å²) in [6, 6.07) is 11.1. The van der Waals surface area contributed by atoms with E-state index in [0.29, 0.717) is 22.9 Å². The number of fused-ring (bicyclic) bond motifs is 1. The minimum Gasteiger partial charge on any atom is -0.440 e. The highest BCUT2D eigenvalue weighted by atomic mass is 35.5. The molecule has 7 nitrogen and oxygen atoms in total. The van der Waals surface area contributed by atoms with Crippen LogP contribution >= 0.6 is 11.6 Å². The molecule has 0 amide bonds. The van der Waals surface area contributed by atoms with Crippen LogP contribution in [0.15, 0.2) is 46.6 Å². The van der Waals surface area contributed by atoms with Gasteiger partial charge in [-0.25, -0.2) is 0 Å². The molecule has 0 radical (unpaired) electrons. The molecule has 2 N–H and O–H groups in total. The van der Waals surface area contributed by atoms with E-state index in [1.165, 1.54) is 0 Å². The van der Waals surface area contributed by atoms with E-state index < -0.39 is 5.92 Å². The summed E-state index contributed by atoms with van der Waals surface area (Å²) in [6.07, 6.45) is 0.842. The topological polar surface area (TPSA) is 93.5 Å². The van der Waals surface area contributed by atoms with Crippen molar-refractivity contribution in [2.75, 3.05) is 32.8 Å². The van der Waals surface area contributed by atoms with Gasteiger partial charge in [0.05, 0.1) is 24.7 Å². The van der Waals surface area contributed by atoms with Gasteiger partial charge < -0.3 is 19.8 Å². The Labute approximate surface area is 186 Å². The summed E-state index contributed by atoms with van der Waals surface area (Å²) in [5.74, 6) is -0.160. The second-order valence-corrected chi connectivity index (χ2v) is 8.24. The number of hydrogen-bond donors (Lipinski definition) is 1. The van der Waals surface area contributed by atoms with Gasteiger partial charge in [0.2, 0.25) is 5.88 Å². The number of ether oxygens (including phenoxy) is 2. The Kier molecular flexibility index (Phi) is 6.33. The van der Waals surface area contributed by atoms with Gasteiger partial charge in [-0.2, -0.15) is 5.26 Å². The second-order valence-electron chi connectivity index (χ2n) is 7.80. The van der Waals surface area contributed by atoms with Crippen LogP contribution in [0.3, 0.4) is 0 Å². The van der Waals surface area contributed by atoms with Crippen molar-refractivity contribution in [3.05, 3.63) is 74.0 Å². The van der Waals surface area contributed by atoms with E-state index in [1.807, 2.05) is 25.1 Å². The number of morpholine rings is 1. The predicted molar refractivity (Wildman–Crippen MR) is 118 cm³/mol. The van der Waals surface area contributed by atoms with Crippen LogP contribution in [-0.4, -0.2) is 42.3 Å². The quantitative estimate of drug-likeness (QED) is 0.768. The molecule has 0 unspecified atom stereocenters. The van der Waals surface area contributed by atoms with Crippen LogP contribution in [0.4, 0.5) is 0 Å². The van der Waals surface area contributed by atoms with Gasteiger partial charge in [-0.1, -0.05) is 23.7 Å². The van der Waals surface area contributed by atoms with Crippen LogP contribution in [0, 0.1) is 18.3 Å². The van der Waals surface area contributed by atoms with Gasteiger partial charge in [-0.05, 0) is 31.0 Å². The number of aryl methyl sites for hydroxylation is 1. The van der Waals surface area contributed by atoms with Crippen LogP contribution in [0.1, 0.15) is 29.2 Å². The van der Waals surface area contributed by atoms with Gasteiger partial charge in [-0.3, -0.25) is 9.69 Å². The zero-order chi connectivity index (χ0) is 22.0. The van der Waals surface area contributed by atoms with Crippen LogP contribution < -0.4 is 16.0 Å². The van der Waals surface area contributed by atoms with Crippen molar-refractivity contribution in [1.82, 2.24) is 9.47 Å². The number of nitriles is 1. The number of benzene rings is 1.